The summed E-state index contributed by atoms with van der Waals surface area (Å²) in [5, 5.41) is 3.35. The molecule has 0 saturated carbocycles. The lowest BCUT2D eigenvalue weighted by atomic mass is 10.0. The molecule has 0 radical (unpaired) electrons. The lowest BCUT2D eigenvalue weighted by molar-refractivity contribution is 0.190. The highest BCUT2D eigenvalue weighted by molar-refractivity contribution is 5.73. The number of aryl methyl sites for hydroxylation is 1. The number of nitrogens with zero attached hydrogens (tertiary/aromatic N) is 1. The standard InChI is InChI=1S/C12H17N3O/c1-2-15(12(13)16)11-8-7-9-5-3-4-6-10(9)14-11/h3-6,11,14H,2,7-8H2,1H3,(H2,13,16). The van der Waals surface area contributed by atoms with E-state index in [2.05, 4.69) is 11.4 Å². The summed E-state index contributed by atoms with van der Waals surface area (Å²) in [6.07, 6.45) is 1.92. The van der Waals surface area contributed by atoms with Crippen LogP contribution in [-0.4, -0.2) is 23.6 Å². The van der Waals surface area contributed by atoms with E-state index in [0.717, 1.165) is 18.5 Å². The Hall–Kier alpha value is -1.71. The van der Waals surface area contributed by atoms with Gasteiger partial charge in [-0.1, -0.05) is 18.2 Å². The number of rotatable bonds is 2. The Labute approximate surface area is 95.4 Å². The van der Waals surface area contributed by atoms with Gasteiger partial charge in [0, 0.05) is 12.2 Å². The van der Waals surface area contributed by atoms with Gasteiger partial charge in [0.05, 0.1) is 0 Å². The second-order valence-electron chi connectivity index (χ2n) is 3.98. The normalized spacial score (nSPS) is 18.4. The number of carbonyl (C=O) groups is 1. The Bertz CT molecular complexity index is 392. The second kappa shape index (κ2) is 4.43. The Balaban J connectivity index is 2.15. The molecule has 1 aliphatic rings. The number of hydrogen-bond donors (Lipinski definition) is 2. The van der Waals surface area contributed by atoms with Crippen LogP contribution in [0, 0.1) is 0 Å². The largest absolute Gasteiger partial charge is 0.365 e. The molecule has 3 N–H and O–H groups in total. The molecule has 0 saturated heterocycles. The lowest BCUT2D eigenvalue weighted by Gasteiger charge is -2.34. The number of hydrogen-bond acceptors (Lipinski definition) is 2. The highest BCUT2D eigenvalue weighted by Crippen LogP contribution is 2.25. The number of nitrogens with one attached hydrogen (secondary N) is 1. The molecule has 86 valence electrons. The molecule has 0 bridgehead atoms. The number of amides is 2. The van der Waals surface area contributed by atoms with E-state index in [4.69, 9.17) is 5.73 Å². The third-order valence-electron chi connectivity index (χ3n) is 3.03. The number of carbonyl (C=O) groups excluding carboxylic acids is 1. The third kappa shape index (κ3) is 1.96. The number of urea groups is 1. The van der Waals surface area contributed by atoms with Gasteiger partial charge in [-0.25, -0.2) is 4.79 Å². The van der Waals surface area contributed by atoms with E-state index in [0.29, 0.717) is 6.54 Å². The molecule has 0 fully saturated rings. The zero-order valence-corrected chi connectivity index (χ0v) is 9.44. The van der Waals surface area contributed by atoms with Crippen molar-refractivity contribution in [3.63, 3.8) is 0 Å². The van der Waals surface area contributed by atoms with Crippen LogP contribution in [0.2, 0.25) is 0 Å². The molecule has 2 amide bonds. The molecule has 4 heteroatoms. The van der Waals surface area contributed by atoms with Gasteiger partial charge in [0.1, 0.15) is 6.17 Å². The van der Waals surface area contributed by atoms with Gasteiger partial charge in [-0.2, -0.15) is 0 Å². The third-order valence-corrected chi connectivity index (χ3v) is 3.03. The lowest BCUT2D eigenvalue weighted by Crippen LogP contribution is -2.48. The summed E-state index contributed by atoms with van der Waals surface area (Å²) in [7, 11) is 0. The van der Waals surface area contributed by atoms with Crippen LogP contribution in [0.25, 0.3) is 0 Å². The summed E-state index contributed by atoms with van der Waals surface area (Å²) in [5.41, 5.74) is 7.76. The molecule has 1 aliphatic heterocycles. The van der Waals surface area contributed by atoms with Gasteiger partial charge >= 0.3 is 6.03 Å². The minimum atomic E-state index is -0.362. The first-order valence-corrected chi connectivity index (χ1v) is 5.63. The number of primary amides is 1. The van der Waals surface area contributed by atoms with Crippen molar-refractivity contribution in [3.05, 3.63) is 29.8 Å². The zero-order chi connectivity index (χ0) is 11.5. The summed E-state index contributed by atoms with van der Waals surface area (Å²) < 4.78 is 0. The molecule has 2 rings (SSSR count). The maximum atomic E-state index is 11.2. The van der Waals surface area contributed by atoms with Gasteiger partial charge < -0.3 is 16.0 Å². The second-order valence-corrected chi connectivity index (χ2v) is 3.98. The summed E-state index contributed by atoms with van der Waals surface area (Å²) in [5.74, 6) is 0. The van der Waals surface area contributed by atoms with Gasteiger partial charge in [0.25, 0.3) is 0 Å². The minimum absolute atomic E-state index is 0.0254. The van der Waals surface area contributed by atoms with Crippen LogP contribution in [0.3, 0.4) is 0 Å². The summed E-state index contributed by atoms with van der Waals surface area (Å²) in [6, 6.07) is 7.82. The predicted octanol–water partition coefficient (Wildman–Crippen LogP) is 1.77. The van der Waals surface area contributed by atoms with Crippen molar-refractivity contribution < 1.29 is 4.79 Å². The van der Waals surface area contributed by atoms with Gasteiger partial charge in [-0.3, -0.25) is 0 Å². The summed E-state index contributed by atoms with van der Waals surface area (Å²) in [4.78, 5) is 12.9. The molecule has 16 heavy (non-hydrogen) atoms. The van der Waals surface area contributed by atoms with E-state index >= 15 is 0 Å². The molecule has 1 aromatic rings. The first-order valence-electron chi connectivity index (χ1n) is 5.63. The molecule has 1 heterocycles. The molecule has 0 aliphatic carbocycles. The Morgan fingerprint density at radius 1 is 1.56 bits per heavy atom. The topological polar surface area (TPSA) is 58.4 Å². The molecule has 1 atom stereocenters. The van der Waals surface area contributed by atoms with Crippen LogP contribution < -0.4 is 11.1 Å². The van der Waals surface area contributed by atoms with Crippen molar-refractivity contribution in [2.24, 2.45) is 5.73 Å². The predicted molar refractivity (Wildman–Crippen MR) is 64.1 cm³/mol. The van der Waals surface area contributed by atoms with Crippen molar-refractivity contribution in [3.8, 4) is 0 Å². The Morgan fingerprint density at radius 3 is 3.00 bits per heavy atom. The fourth-order valence-electron chi connectivity index (χ4n) is 2.19. The van der Waals surface area contributed by atoms with Crippen LogP contribution in [0.1, 0.15) is 18.9 Å². The highest BCUT2D eigenvalue weighted by Gasteiger charge is 2.24. The smallest absolute Gasteiger partial charge is 0.316 e. The molecule has 0 aromatic heterocycles. The van der Waals surface area contributed by atoms with E-state index in [1.807, 2.05) is 25.1 Å². The van der Waals surface area contributed by atoms with Crippen molar-refractivity contribution in [1.29, 1.82) is 0 Å². The number of anilines is 1. The maximum Gasteiger partial charge on any atom is 0.316 e. The van der Waals surface area contributed by atoms with Gasteiger partial charge in [-0.15, -0.1) is 0 Å². The average molecular weight is 219 g/mol. The Kier molecular flexibility index (Phi) is 2.99. The minimum Gasteiger partial charge on any atom is -0.365 e. The first kappa shape index (κ1) is 10.8. The SMILES string of the molecule is CCN(C(N)=O)C1CCc2ccccc2N1. The van der Waals surface area contributed by atoms with E-state index in [1.54, 1.807) is 4.90 Å². The summed E-state index contributed by atoms with van der Waals surface area (Å²) >= 11 is 0. The fraction of sp³-hybridized carbons (Fsp3) is 0.417. The van der Waals surface area contributed by atoms with Crippen LogP contribution in [0.5, 0.6) is 0 Å². The van der Waals surface area contributed by atoms with Crippen LogP contribution in [0.15, 0.2) is 24.3 Å². The van der Waals surface area contributed by atoms with Crippen molar-refractivity contribution in [2.45, 2.75) is 25.9 Å². The molecular formula is C12H17N3O. The number of nitrogens with two attached hydrogens (primary N) is 1. The number of para-hydroxylation sites is 1. The van der Waals surface area contributed by atoms with E-state index in [9.17, 15) is 4.79 Å². The fourth-order valence-corrected chi connectivity index (χ4v) is 2.19. The summed E-state index contributed by atoms with van der Waals surface area (Å²) in [6.45, 7) is 2.57. The highest BCUT2D eigenvalue weighted by atomic mass is 16.2. The Morgan fingerprint density at radius 2 is 2.31 bits per heavy atom. The molecule has 0 spiro atoms. The van der Waals surface area contributed by atoms with Crippen molar-refractivity contribution in [2.75, 3.05) is 11.9 Å². The van der Waals surface area contributed by atoms with E-state index in [1.165, 1.54) is 5.56 Å². The van der Waals surface area contributed by atoms with E-state index in [-0.39, 0.29) is 12.2 Å². The number of fused-ring (bicyclic) bond motifs is 1. The van der Waals surface area contributed by atoms with Gasteiger partial charge in [-0.05, 0) is 31.4 Å². The van der Waals surface area contributed by atoms with Crippen LogP contribution in [-0.2, 0) is 6.42 Å². The average Bonchev–Trinajstić information content (AvgIpc) is 2.29. The van der Waals surface area contributed by atoms with Crippen molar-refractivity contribution in [1.82, 2.24) is 4.90 Å². The first-order chi connectivity index (χ1) is 7.72. The van der Waals surface area contributed by atoms with Crippen LogP contribution in [0.4, 0.5) is 10.5 Å². The molecule has 4 nitrogen and oxygen atoms in total. The van der Waals surface area contributed by atoms with E-state index < -0.39 is 0 Å². The van der Waals surface area contributed by atoms with Gasteiger partial charge in [0.15, 0.2) is 0 Å². The molecule has 1 aromatic carbocycles. The molecular weight excluding hydrogens is 202 g/mol. The maximum absolute atomic E-state index is 11.2. The molecule has 1 unspecified atom stereocenters. The van der Waals surface area contributed by atoms with Crippen LogP contribution >= 0.6 is 0 Å². The van der Waals surface area contributed by atoms with Gasteiger partial charge in [0.2, 0.25) is 0 Å². The number of benzene rings is 1. The quantitative estimate of drug-likeness (QED) is 0.796. The monoisotopic (exact) mass is 219 g/mol. The zero-order valence-electron chi connectivity index (χ0n) is 9.44. The van der Waals surface area contributed by atoms with Crippen molar-refractivity contribution >= 4 is 11.7 Å².